The molecule has 3 heterocycles. The number of benzene rings is 1. The molecule has 0 fully saturated rings. The number of ether oxygens (including phenoxy) is 1. The van der Waals surface area contributed by atoms with Crippen LogP contribution in [0.25, 0.3) is 16.9 Å². The fraction of sp³-hybridized carbons (Fsp3) is 0.130. The number of nitrogens with zero attached hydrogens (tertiary/aromatic N) is 3. The molecule has 0 spiro atoms. The van der Waals surface area contributed by atoms with Gasteiger partial charge in [-0.25, -0.2) is 9.78 Å². The Kier molecular flexibility index (Phi) is 4.91. The summed E-state index contributed by atoms with van der Waals surface area (Å²) >= 11 is 0. The second kappa shape index (κ2) is 7.67. The summed E-state index contributed by atoms with van der Waals surface area (Å²) in [5.41, 5.74) is 4.25. The van der Waals surface area contributed by atoms with Crippen LogP contribution < -0.4 is 5.56 Å². The van der Waals surface area contributed by atoms with Gasteiger partial charge in [0.2, 0.25) is 0 Å². The van der Waals surface area contributed by atoms with Crippen molar-refractivity contribution in [1.29, 1.82) is 0 Å². The van der Waals surface area contributed by atoms with Gasteiger partial charge in [-0.2, -0.15) is 0 Å². The highest BCUT2D eigenvalue weighted by atomic mass is 16.5. The number of carbonyl (C=O) groups excluding carboxylic acids is 1. The molecule has 0 saturated carbocycles. The van der Waals surface area contributed by atoms with Crippen LogP contribution in [-0.2, 0) is 11.3 Å². The summed E-state index contributed by atoms with van der Waals surface area (Å²) < 4.78 is 6.90. The van der Waals surface area contributed by atoms with E-state index in [1.54, 1.807) is 25.1 Å². The maximum absolute atomic E-state index is 12.5. The predicted molar refractivity (Wildman–Crippen MR) is 110 cm³/mol. The third-order valence-electron chi connectivity index (χ3n) is 4.66. The van der Waals surface area contributed by atoms with Crippen molar-refractivity contribution in [3.8, 4) is 11.3 Å². The van der Waals surface area contributed by atoms with Crippen LogP contribution in [0.5, 0.6) is 0 Å². The van der Waals surface area contributed by atoms with E-state index in [4.69, 9.17) is 4.74 Å². The second-order valence-corrected chi connectivity index (χ2v) is 6.72. The Bertz CT molecular complexity index is 1260. The van der Waals surface area contributed by atoms with Crippen LogP contribution in [0.15, 0.2) is 71.5 Å². The SMILES string of the molecule is Cc1nc(-c2ccccc2)ccc1C(=O)OCc1cc(=O)n2c(C)cccc2n1. The molecule has 0 aliphatic rings. The highest BCUT2D eigenvalue weighted by molar-refractivity contribution is 5.90. The van der Waals surface area contributed by atoms with Crippen LogP contribution in [0.4, 0.5) is 0 Å². The Hall–Kier alpha value is -3.80. The number of pyridine rings is 2. The molecule has 1 aromatic carbocycles. The van der Waals surface area contributed by atoms with Crippen LogP contribution in [0.2, 0.25) is 0 Å². The van der Waals surface area contributed by atoms with Gasteiger partial charge in [0.25, 0.3) is 5.56 Å². The van der Waals surface area contributed by atoms with Gasteiger partial charge in [0, 0.05) is 17.3 Å². The molecule has 0 amide bonds. The number of fused-ring (bicyclic) bond motifs is 1. The Morgan fingerprint density at radius 3 is 2.52 bits per heavy atom. The van der Waals surface area contributed by atoms with E-state index in [0.29, 0.717) is 22.6 Å². The lowest BCUT2D eigenvalue weighted by atomic mass is 10.1. The van der Waals surface area contributed by atoms with Crippen molar-refractivity contribution in [2.75, 3.05) is 0 Å². The molecule has 6 nitrogen and oxygen atoms in total. The highest BCUT2D eigenvalue weighted by Crippen LogP contribution is 2.19. The van der Waals surface area contributed by atoms with Crippen LogP contribution in [0.1, 0.15) is 27.4 Å². The molecule has 29 heavy (non-hydrogen) atoms. The van der Waals surface area contributed by atoms with E-state index in [1.165, 1.54) is 10.5 Å². The summed E-state index contributed by atoms with van der Waals surface area (Å²) in [6, 6.07) is 20.0. The zero-order valence-corrected chi connectivity index (χ0v) is 16.1. The molecule has 0 atom stereocenters. The molecule has 3 aromatic heterocycles. The van der Waals surface area contributed by atoms with Crippen LogP contribution >= 0.6 is 0 Å². The lowest BCUT2D eigenvalue weighted by molar-refractivity contribution is 0.0466. The van der Waals surface area contributed by atoms with Gasteiger partial charge in [-0.05, 0) is 38.1 Å². The molecule has 0 aliphatic carbocycles. The van der Waals surface area contributed by atoms with Crippen LogP contribution in [-0.4, -0.2) is 20.3 Å². The summed E-state index contributed by atoms with van der Waals surface area (Å²) in [6.45, 7) is 3.52. The van der Waals surface area contributed by atoms with Gasteiger partial charge in [0.05, 0.1) is 22.6 Å². The molecular weight excluding hydrogens is 366 g/mol. The third-order valence-corrected chi connectivity index (χ3v) is 4.66. The Labute approximate surface area is 167 Å². The monoisotopic (exact) mass is 385 g/mol. The number of rotatable bonds is 4. The van der Waals surface area contributed by atoms with E-state index in [2.05, 4.69) is 9.97 Å². The molecule has 0 N–H and O–H groups in total. The lowest BCUT2D eigenvalue weighted by Crippen LogP contribution is -2.18. The molecular formula is C23H19N3O3. The minimum atomic E-state index is -0.499. The first-order chi connectivity index (χ1) is 14.0. The number of carbonyl (C=O) groups is 1. The van der Waals surface area contributed by atoms with E-state index < -0.39 is 5.97 Å². The molecule has 0 bridgehead atoms. The zero-order valence-electron chi connectivity index (χ0n) is 16.1. The van der Waals surface area contributed by atoms with E-state index in [9.17, 15) is 9.59 Å². The number of hydrogen-bond acceptors (Lipinski definition) is 5. The van der Waals surface area contributed by atoms with Gasteiger partial charge in [0.15, 0.2) is 0 Å². The van der Waals surface area contributed by atoms with Crippen molar-refractivity contribution < 1.29 is 9.53 Å². The Morgan fingerprint density at radius 1 is 0.966 bits per heavy atom. The molecule has 6 heteroatoms. The largest absolute Gasteiger partial charge is 0.456 e. The molecule has 0 radical (unpaired) electrons. The number of esters is 1. The topological polar surface area (TPSA) is 73.6 Å². The maximum atomic E-state index is 12.5. The quantitative estimate of drug-likeness (QED) is 0.501. The van der Waals surface area contributed by atoms with Crippen molar-refractivity contribution in [2.24, 2.45) is 0 Å². The first-order valence-corrected chi connectivity index (χ1v) is 9.21. The molecule has 4 rings (SSSR count). The van der Waals surface area contributed by atoms with Gasteiger partial charge in [-0.15, -0.1) is 0 Å². The van der Waals surface area contributed by atoms with Crippen molar-refractivity contribution in [1.82, 2.24) is 14.4 Å². The minimum absolute atomic E-state index is 0.0849. The van der Waals surface area contributed by atoms with Gasteiger partial charge in [-0.3, -0.25) is 14.2 Å². The average Bonchev–Trinajstić information content (AvgIpc) is 2.72. The summed E-state index contributed by atoms with van der Waals surface area (Å²) in [6.07, 6.45) is 0. The predicted octanol–water partition coefficient (Wildman–Crippen LogP) is 3.73. The first kappa shape index (κ1) is 18.6. The van der Waals surface area contributed by atoms with Crippen molar-refractivity contribution in [3.63, 3.8) is 0 Å². The van der Waals surface area contributed by atoms with Crippen molar-refractivity contribution in [3.05, 3.63) is 99.7 Å². The number of aromatic nitrogens is 3. The van der Waals surface area contributed by atoms with Gasteiger partial charge in [-0.1, -0.05) is 36.4 Å². The lowest BCUT2D eigenvalue weighted by Gasteiger charge is -2.09. The van der Waals surface area contributed by atoms with E-state index >= 15 is 0 Å². The minimum Gasteiger partial charge on any atom is -0.456 e. The standard InChI is InChI=1S/C23H19N3O3/c1-15-7-6-10-21-25-18(13-22(27)26(15)21)14-29-23(28)19-11-12-20(24-16(19)2)17-8-4-3-5-9-17/h3-13H,14H2,1-2H3. The zero-order chi connectivity index (χ0) is 20.4. The summed E-state index contributed by atoms with van der Waals surface area (Å²) in [5, 5.41) is 0. The van der Waals surface area contributed by atoms with E-state index in [0.717, 1.165) is 17.0 Å². The Balaban J connectivity index is 1.53. The smallest absolute Gasteiger partial charge is 0.340 e. The molecule has 144 valence electrons. The summed E-state index contributed by atoms with van der Waals surface area (Å²) in [4.78, 5) is 33.8. The van der Waals surface area contributed by atoms with E-state index in [1.807, 2.05) is 49.4 Å². The average molecular weight is 385 g/mol. The molecule has 4 aromatic rings. The van der Waals surface area contributed by atoms with Crippen molar-refractivity contribution in [2.45, 2.75) is 20.5 Å². The third kappa shape index (κ3) is 3.78. The fourth-order valence-electron chi connectivity index (χ4n) is 3.20. The molecule has 0 unspecified atom stereocenters. The summed E-state index contributed by atoms with van der Waals surface area (Å²) in [7, 11) is 0. The van der Waals surface area contributed by atoms with Gasteiger partial charge < -0.3 is 4.74 Å². The van der Waals surface area contributed by atoms with Gasteiger partial charge in [0.1, 0.15) is 12.3 Å². The Morgan fingerprint density at radius 2 is 1.76 bits per heavy atom. The fourth-order valence-corrected chi connectivity index (χ4v) is 3.20. The normalized spacial score (nSPS) is 10.8. The second-order valence-electron chi connectivity index (χ2n) is 6.72. The van der Waals surface area contributed by atoms with Crippen LogP contribution in [0, 0.1) is 13.8 Å². The van der Waals surface area contributed by atoms with Gasteiger partial charge >= 0.3 is 5.97 Å². The van der Waals surface area contributed by atoms with E-state index in [-0.39, 0.29) is 12.2 Å². The summed E-state index contributed by atoms with van der Waals surface area (Å²) in [5.74, 6) is -0.499. The number of hydrogen-bond donors (Lipinski definition) is 0. The number of aryl methyl sites for hydroxylation is 2. The molecule has 0 saturated heterocycles. The van der Waals surface area contributed by atoms with Crippen LogP contribution in [0.3, 0.4) is 0 Å². The van der Waals surface area contributed by atoms with Crippen molar-refractivity contribution >= 4 is 11.6 Å². The molecule has 0 aliphatic heterocycles. The highest BCUT2D eigenvalue weighted by Gasteiger charge is 2.14. The first-order valence-electron chi connectivity index (χ1n) is 9.21. The maximum Gasteiger partial charge on any atom is 0.340 e.